The lowest BCUT2D eigenvalue weighted by molar-refractivity contribution is -0.122. The Balaban J connectivity index is 1.44. The zero-order chi connectivity index (χ0) is 18.1. The number of methoxy groups -OCH3 is 1. The van der Waals surface area contributed by atoms with E-state index in [0.717, 1.165) is 35.3 Å². The number of nitrogens with one attached hydrogen (secondary N) is 1. The van der Waals surface area contributed by atoms with Crippen LogP contribution in [0, 0.1) is 5.92 Å². The molecule has 2 amide bonds. The maximum Gasteiger partial charge on any atom is 0.232 e. The van der Waals surface area contributed by atoms with Gasteiger partial charge in [-0.05, 0) is 30.7 Å². The van der Waals surface area contributed by atoms with Crippen LogP contribution in [0.15, 0.2) is 29.4 Å². The Bertz CT molecular complexity index is 835. The van der Waals surface area contributed by atoms with E-state index >= 15 is 0 Å². The molecule has 0 aliphatic carbocycles. The van der Waals surface area contributed by atoms with Gasteiger partial charge in [-0.1, -0.05) is 11.8 Å². The number of amides is 2. The third-order valence-electron chi connectivity index (χ3n) is 4.59. The van der Waals surface area contributed by atoms with Crippen LogP contribution in [0.5, 0.6) is 5.75 Å². The molecule has 1 saturated heterocycles. The molecule has 0 spiro atoms. The van der Waals surface area contributed by atoms with E-state index in [-0.39, 0.29) is 18.2 Å². The van der Waals surface area contributed by atoms with E-state index < -0.39 is 5.92 Å². The maximum atomic E-state index is 12.6. The van der Waals surface area contributed by atoms with Crippen LogP contribution in [0.1, 0.15) is 12.8 Å². The molecule has 8 nitrogen and oxygen atoms in total. The molecule has 3 heterocycles. The number of hydrogen-bond acceptors (Lipinski definition) is 6. The van der Waals surface area contributed by atoms with E-state index in [2.05, 4.69) is 15.5 Å². The normalized spacial score (nSPS) is 19.3. The van der Waals surface area contributed by atoms with Crippen LogP contribution < -0.4 is 15.0 Å². The minimum Gasteiger partial charge on any atom is -0.497 e. The summed E-state index contributed by atoms with van der Waals surface area (Å²) >= 11 is 1.64. The van der Waals surface area contributed by atoms with Crippen LogP contribution in [0.25, 0.3) is 0 Å². The summed E-state index contributed by atoms with van der Waals surface area (Å²) in [6, 6.07) is 7.25. The van der Waals surface area contributed by atoms with Crippen molar-refractivity contribution in [3.05, 3.63) is 24.3 Å². The van der Waals surface area contributed by atoms with Gasteiger partial charge in [0, 0.05) is 31.0 Å². The summed E-state index contributed by atoms with van der Waals surface area (Å²) in [5.41, 5.74) is 0.766. The molecule has 1 fully saturated rings. The molecular weight excluding hydrogens is 354 g/mol. The molecule has 1 atom stereocenters. The summed E-state index contributed by atoms with van der Waals surface area (Å²) in [7, 11) is 1.60. The summed E-state index contributed by atoms with van der Waals surface area (Å²) in [5.74, 6) is 1.54. The molecule has 0 saturated carbocycles. The number of hydrogen-bond donors (Lipinski definition) is 1. The standard InChI is InChI=1S/C17H19N5O3S/c1-25-13-5-3-12(4-6-13)22-10-11(9-14(22)23)15(24)18-16-19-20-17-21(16)7-2-8-26-17/h3-6,11H,2,7-10H2,1H3,(H,18,19,24)/t11-/m0/s1. The summed E-state index contributed by atoms with van der Waals surface area (Å²) < 4.78 is 7.06. The number of nitrogens with zero attached hydrogens (tertiary/aromatic N) is 4. The topological polar surface area (TPSA) is 89.3 Å². The molecule has 1 aromatic heterocycles. The van der Waals surface area contributed by atoms with Crippen LogP contribution in [-0.4, -0.2) is 46.0 Å². The quantitative estimate of drug-likeness (QED) is 0.879. The van der Waals surface area contributed by atoms with Gasteiger partial charge in [0.2, 0.25) is 17.8 Å². The number of thioether (sulfide) groups is 1. The Morgan fingerprint density at radius 1 is 1.31 bits per heavy atom. The van der Waals surface area contributed by atoms with Gasteiger partial charge < -0.3 is 9.64 Å². The lowest BCUT2D eigenvalue weighted by Crippen LogP contribution is -2.29. The van der Waals surface area contributed by atoms with Crippen molar-refractivity contribution in [3.63, 3.8) is 0 Å². The first kappa shape index (κ1) is 16.9. The van der Waals surface area contributed by atoms with E-state index in [1.54, 1.807) is 35.9 Å². The minimum absolute atomic E-state index is 0.0610. The Morgan fingerprint density at radius 3 is 2.88 bits per heavy atom. The first-order valence-electron chi connectivity index (χ1n) is 8.47. The van der Waals surface area contributed by atoms with Crippen molar-refractivity contribution in [3.8, 4) is 5.75 Å². The predicted molar refractivity (Wildman–Crippen MR) is 97.4 cm³/mol. The van der Waals surface area contributed by atoms with Crippen LogP contribution in [0.3, 0.4) is 0 Å². The van der Waals surface area contributed by atoms with E-state index in [1.807, 2.05) is 16.7 Å². The number of ether oxygens (including phenoxy) is 1. The highest BCUT2D eigenvalue weighted by Gasteiger charge is 2.35. The molecule has 26 heavy (non-hydrogen) atoms. The maximum absolute atomic E-state index is 12.6. The smallest absolute Gasteiger partial charge is 0.232 e. The second-order valence-electron chi connectivity index (χ2n) is 6.25. The summed E-state index contributed by atoms with van der Waals surface area (Å²) in [5, 5.41) is 11.8. The third-order valence-corrected chi connectivity index (χ3v) is 5.64. The number of fused-ring (bicyclic) bond motifs is 1. The van der Waals surface area contributed by atoms with Gasteiger partial charge in [-0.2, -0.15) is 0 Å². The van der Waals surface area contributed by atoms with Crippen molar-refractivity contribution in [1.82, 2.24) is 14.8 Å². The van der Waals surface area contributed by atoms with Crippen molar-refractivity contribution in [2.75, 3.05) is 29.6 Å². The highest BCUT2D eigenvalue weighted by atomic mass is 32.2. The number of rotatable bonds is 4. The Morgan fingerprint density at radius 2 is 2.12 bits per heavy atom. The van der Waals surface area contributed by atoms with E-state index in [0.29, 0.717) is 12.5 Å². The number of anilines is 2. The number of carbonyl (C=O) groups is 2. The molecule has 0 bridgehead atoms. The van der Waals surface area contributed by atoms with Crippen LogP contribution in [-0.2, 0) is 16.1 Å². The molecule has 1 N–H and O–H groups in total. The fourth-order valence-electron chi connectivity index (χ4n) is 3.18. The summed E-state index contributed by atoms with van der Waals surface area (Å²) in [4.78, 5) is 26.6. The van der Waals surface area contributed by atoms with Gasteiger partial charge in [0.05, 0.1) is 13.0 Å². The molecule has 2 aromatic rings. The van der Waals surface area contributed by atoms with E-state index in [4.69, 9.17) is 4.74 Å². The monoisotopic (exact) mass is 373 g/mol. The second kappa shape index (κ2) is 6.99. The molecule has 4 rings (SSSR count). The van der Waals surface area contributed by atoms with Gasteiger partial charge in [0.1, 0.15) is 5.75 Å². The Hall–Kier alpha value is -2.55. The molecule has 0 unspecified atom stereocenters. The minimum atomic E-state index is -0.409. The van der Waals surface area contributed by atoms with Crippen LogP contribution >= 0.6 is 11.8 Å². The van der Waals surface area contributed by atoms with Gasteiger partial charge in [-0.15, -0.1) is 10.2 Å². The third kappa shape index (κ3) is 3.14. The average Bonchev–Trinajstić information content (AvgIpc) is 3.26. The zero-order valence-electron chi connectivity index (χ0n) is 14.3. The van der Waals surface area contributed by atoms with Gasteiger partial charge in [-0.3, -0.25) is 19.5 Å². The molecule has 9 heteroatoms. The lowest BCUT2D eigenvalue weighted by Gasteiger charge is -2.17. The SMILES string of the molecule is COc1ccc(N2C[C@@H](C(=O)Nc3nnc4n3CCCS4)CC2=O)cc1. The van der Waals surface area contributed by atoms with E-state index in [1.165, 1.54) is 0 Å². The number of carbonyl (C=O) groups excluding carboxylic acids is 2. The van der Waals surface area contributed by atoms with Gasteiger partial charge in [-0.25, -0.2) is 0 Å². The van der Waals surface area contributed by atoms with Crippen molar-refractivity contribution >= 4 is 35.2 Å². The molecule has 2 aliphatic heterocycles. The Labute approximate surface area is 154 Å². The van der Waals surface area contributed by atoms with Gasteiger partial charge in [0.15, 0.2) is 5.16 Å². The fraction of sp³-hybridized carbons (Fsp3) is 0.412. The Kier molecular flexibility index (Phi) is 4.54. The number of benzene rings is 1. The number of aromatic nitrogens is 3. The average molecular weight is 373 g/mol. The lowest BCUT2D eigenvalue weighted by atomic mass is 10.1. The highest BCUT2D eigenvalue weighted by Crippen LogP contribution is 2.29. The molecular formula is C17H19N5O3S. The second-order valence-corrected chi connectivity index (χ2v) is 7.31. The molecule has 1 aromatic carbocycles. The van der Waals surface area contributed by atoms with Gasteiger partial charge >= 0.3 is 0 Å². The van der Waals surface area contributed by atoms with Crippen molar-refractivity contribution in [2.45, 2.75) is 24.5 Å². The molecule has 136 valence electrons. The van der Waals surface area contributed by atoms with Gasteiger partial charge in [0.25, 0.3) is 0 Å². The van der Waals surface area contributed by atoms with Crippen molar-refractivity contribution in [2.24, 2.45) is 5.92 Å². The van der Waals surface area contributed by atoms with Crippen LogP contribution in [0.2, 0.25) is 0 Å². The van der Waals surface area contributed by atoms with Crippen LogP contribution in [0.4, 0.5) is 11.6 Å². The zero-order valence-corrected chi connectivity index (χ0v) is 15.2. The first-order valence-corrected chi connectivity index (χ1v) is 9.45. The first-order chi connectivity index (χ1) is 12.7. The van der Waals surface area contributed by atoms with Crippen molar-refractivity contribution < 1.29 is 14.3 Å². The largest absolute Gasteiger partial charge is 0.497 e. The predicted octanol–water partition coefficient (Wildman–Crippen LogP) is 1.77. The summed E-state index contributed by atoms with van der Waals surface area (Å²) in [6.07, 6.45) is 1.21. The fourth-order valence-corrected chi connectivity index (χ4v) is 4.07. The molecule has 0 radical (unpaired) electrons. The summed E-state index contributed by atoms with van der Waals surface area (Å²) in [6.45, 7) is 1.15. The molecule has 2 aliphatic rings. The highest BCUT2D eigenvalue weighted by molar-refractivity contribution is 7.99. The van der Waals surface area contributed by atoms with Crippen molar-refractivity contribution in [1.29, 1.82) is 0 Å². The van der Waals surface area contributed by atoms with E-state index in [9.17, 15) is 9.59 Å².